The Bertz CT molecular complexity index is 940. The highest BCUT2D eigenvalue weighted by Gasteiger charge is 2.18. The number of ether oxygens (including phenoxy) is 1. The highest BCUT2D eigenvalue weighted by atomic mass is 19.1. The summed E-state index contributed by atoms with van der Waals surface area (Å²) in [5.74, 6) is -0.0711. The molecule has 0 aliphatic heterocycles. The lowest BCUT2D eigenvalue weighted by molar-refractivity contribution is -0.136. The fraction of sp³-hybridized carbons (Fsp3) is 0.304. The normalized spacial score (nSPS) is 9.66. The topological polar surface area (TPSA) is 68.7 Å². The number of hydrogen-bond acceptors (Lipinski definition) is 5. The van der Waals surface area contributed by atoms with E-state index in [1.165, 1.54) is 32.2 Å². The number of hydrogen-bond donors (Lipinski definition) is 1. The van der Waals surface area contributed by atoms with E-state index >= 15 is 0 Å². The maximum Gasteiger partial charge on any atom is 0.175 e. The first-order valence-corrected chi connectivity index (χ1v) is 9.60. The van der Waals surface area contributed by atoms with Crippen LogP contribution in [0.2, 0.25) is 0 Å². The van der Waals surface area contributed by atoms with Crippen molar-refractivity contribution in [3.05, 3.63) is 65.1 Å². The number of nitrogens with zero attached hydrogens (tertiary/aromatic N) is 1. The third-order valence-electron chi connectivity index (χ3n) is 3.95. The fourth-order valence-corrected chi connectivity index (χ4v) is 2.76. The van der Waals surface area contributed by atoms with Gasteiger partial charge in [0.25, 0.3) is 0 Å². The number of pyridine rings is 1. The van der Waals surface area contributed by atoms with Gasteiger partial charge in [0.2, 0.25) is 0 Å². The van der Waals surface area contributed by atoms with Gasteiger partial charge in [0.15, 0.2) is 17.3 Å². The van der Waals surface area contributed by atoms with Gasteiger partial charge >= 0.3 is 0 Å². The highest BCUT2D eigenvalue weighted by Crippen LogP contribution is 2.36. The van der Waals surface area contributed by atoms with E-state index in [0.717, 1.165) is 11.1 Å². The second kappa shape index (κ2) is 11.8. The molecule has 0 atom stereocenters. The van der Waals surface area contributed by atoms with Crippen LogP contribution in [-0.2, 0) is 6.42 Å². The van der Waals surface area contributed by atoms with Crippen molar-refractivity contribution in [3.8, 4) is 11.5 Å². The highest BCUT2D eigenvalue weighted by molar-refractivity contribution is 6.04. The molecule has 0 amide bonds. The molecule has 0 unspecified atom stereocenters. The Labute approximate surface area is 171 Å². The van der Waals surface area contributed by atoms with Gasteiger partial charge < -0.3 is 9.62 Å². The van der Waals surface area contributed by atoms with Crippen molar-refractivity contribution in [1.82, 2.24) is 4.98 Å². The molecule has 1 heterocycles. The van der Waals surface area contributed by atoms with Crippen LogP contribution >= 0.6 is 0 Å². The number of aromatic nitrogens is 1. The van der Waals surface area contributed by atoms with Crippen molar-refractivity contribution in [2.45, 2.75) is 41.0 Å². The van der Waals surface area contributed by atoms with Crippen LogP contribution < -0.4 is 9.62 Å². The number of ketones is 1. The average Bonchev–Trinajstić information content (AvgIpc) is 2.76. The SMILES string of the molecule is CC.CC.COc1c(C(C)=O)cc(OO)c2cc(Cc3ccc(F)cc3)cnc12. The van der Waals surface area contributed by atoms with E-state index in [0.29, 0.717) is 23.1 Å². The van der Waals surface area contributed by atoms with E-state index in [1.807, 2.05) is 27.7 Å². The molecule has 0 aliphatic rings. The summed E-state index contributed by atoms with van der Waals surface area (Å²) in [6, 6.07) is 9.41. The van der Waals surface area contributed by atoms with Crippen molar-refractivity contribution < 1.29 is 24.1 Å². The third kappa shape index (κ3) is 5.74. The summed E-state index contributed by atoms with van der Waals surface area (Å²) in [5, 5.41) is 9.71. The van der Waals surface area contributed by atoms with Gasteiger partial charge in [-0.1, -0.05) is 39.8 Å². The molecule has 0 aliphatic carbocycles. The van der Waals surface area contributed by atoms with Crippen molar-refractivity contribution in [1.29, 1.82) is 0 Å². The lowest BCUT2D eigenvalue weighted by Crippen LogP contribution is -2.02. The Balaban J connectivity index is 0.000000989. The maximum atomic E-state index is 13.0. The minimum atomic E-state index is -0.294. The molecule has 3 aromatic rings. The van der Waals surface area contributed by atoms with Crippen LogP contribution in [0.5, 0.6) is 11.5 Å². The molecular weight excluding hydrogens is 373 g/mol. The second-order valence-electron chi connectivity index (χ2n) is 5.65. The number of benzene rings is 2. The number of carbonyl (C=O) groups excluding carboxylic acids is 1. The van der Waals surface area contributed by atoms with Gasteiger partial charge in [-0.3, -0.25) is 9.78 Å². The minimum absolute atomic E-state index is 0.120. The molecule has 0 spiro atoms. The van der Waals surface area contributed by atoms with Gasteiger partial charge in [-0.15, -0.1) is 0 Å². The summed E-state index contributed by atoms with van der Waals surface area (Å²) in [5.41, 5.74) is 2.45. The number of Topliss-reactive ketones (excluding diaryl/α,β-unsaturated/α-hetero) is 1. The second-order valence-corrected chi connectivity index (χ2v) is 5.65. The van der Waals surface area contributed by atoms with Crippen LogP contribution in [0.3, 0.4) is 0 Å². The van der Waals surface area contributed by atoms with E-state index in [2.05, 4.69) is 9.87 Å². The first-order valence-electron chi connectivity index (χ1n) is 9.60. The van der Waals surface area contributed by atoms with E-state index < -0.39 is 0 Å². The maximum absolute atomic E-state index is 13.0. The van der Waals surface area contributed by atoms with Crippen molar-refractivity contribution in [3.63, 3.8) is 0 Å². The summed E-state index contributed by atoms with van der Waals surface area (Å²) < 4.78 is 18.3. The van der Waals surface area contributed by atoms with Crippen molar-refractivity contribution in [2.75, 3.05) is 7.11 Å². The quantitative estimate of drug-likeness (QED) is 0.319. The Hall–Kier alpha value is -2.99. The molecule has 3 rings (SSSR count). The molecule has 0 saturated heterocycles. The van der Waals surface area contributed by atoms with Gasteiger partial charge in [-0.25, -0.2) is 9.65 Å². The van der Waals surface area contributed by atoms with E-state index in [4.69, 9.17) is 4.74 Å². The largest absolute Gasteiger partial charge is 0.494 e. The smallest absolute Gasteiger partial charge is 0.175 e. The number of fused-ring (bicyclic) bond motifs is 1. The summed E-state index contributed by atoms with van der Waals surface area (Å²) in [4.78, 5) is 20.6. The summed E-state index contributed by atoms with van der Waals surface area (Å²) >= 11 is 0. The van der Waals surface area contributed by atoms with Crippen molar-refractivity contribution >= 4 is 16.7 Å². The molecule has 0 fully saturated rings. The van der Waals surface area contributed by atoms with E-state index in [-0.39, 0.29) is 22.9 Å². The summed E-state index contributed by atoms with van der Waals surface area (Å²) in [6.45, 7) is 9.40. The first kappa shape index (κ1) is 24.0. The monoisotopic (exact) mass is 401 g/mol. The lowest BCUT2D eigenvalue weighted by Gasteiger charge is -2.13. The predicted octanol–water partition coefficient (Wildman–Crippen LogP) is 6.08. The molecule has 6 heteroatoms. The Morgan fingerprint density at radius 2 is 1.69 bits per heavy atom. The molecule has 1 N–H and O–H groups in total. The molecule has 156 valence electrons. The molecule has 2 aromatic carbocycles. The van der Waals surface area contributed by atoms with Gasteiger partial charge in [-0.2, -0.15) is 0 Å². The molecule has 29 heavy (non-hydrogen) atoms. The predicted molar refractivity (Wildman–Crippen MR) is 113 cm³/mol. The number of methoxy groups -OCH3 is 1. The molecule has 0 saturated carbocycles. The van der Waals surface area contributed by atoms with Gasteiger partial charge in [0, 0.05) is 6.20 Å². The van der Waals surface area contributed by atoms with E-state index in [9.17, 15) is 14.4 Å². The van der Waals surface area contributed by atoms with Crippen LogP contribution in [0, 0.1) is 5.82 Å². The van der Waals surface area contributed by atoms with Gasteiger partial charge in [0.1, 0.15) is 11.3 Å². The minimum Gasteiger partial charge on any atom is -0.494 e. The Morgan fingerprint density at radius 3 is 2.21 bits per heavy atom. The fourth-order valence-electron chi connectivity index (χ4n) is 2.76. The molecule has 0 bridgehead atoms. The van der Waals surface area contributed by atoms with Crippen LogP contribution in [0.15, 0.2) is 42.6 Å². The molecule has 5 nitrogen and oxygen atoms in total. The molecule has 1 aromatic heterocycles. The lowest BCUT2D eigenvalue weighted by atomic mass is 10.0. The molecular formula is C23H28FNO4. The zero-order valence-electron chi connectivity index (χ0n) is 17.7. The van der Waals surface area contributed by atoms with E-state index in [1.54, 1.807) is 24.4 Å². The third-order valence-corrected chi connectivity index (χ3v) is 3.95. The van der Waals surface area contributed by atoms with Gasteiger partial charge in [0.05, 0.1) is 18.1 Å². The van der Waals surface area contributed by atoms with Crippen LogP contribution in [0.4, 0.5) is 4.39 Å². The van der Waals surface area contributed by atoms with Gasteiger partial charge in [-0.05, 0) is 48.7 Å². The van der Waals surface area contributed by atoms with Crippen LogP contribution in [0.1, 0.15) is 56.1 Å². The standard InChI is InChI=1S/C19H16FNO4.2C2H6/c1-11(22)15-9-17(25-23)16-8-13(10-21-18(16)19(15)24-2)7-12-3-5-14(20)6-4-12;2*1-2/h3-6,8-10,23H,7H2,1-2H3;2*1-2H3. The summed E-state index contributed by atoms with van der Waals surface area (Å²) in [6.07, 6.45) is 2.18. The van der Waals surface area contributed by atoms with Crippen molar-refractivity contribution in [2.24, 2.45) is 0 Å². The van der Waals surface area contributed by atoms with Crippen LogP contribution in [-0.4, -0.2) is 23.1 Å². The number of halogens is 1. The number of carbonyl (C=O) groups is 1. The first-order chi connectivity index (χ1) is 14.0. The molecule has 0 radical (unpaired) electrons. The zero-order valence-corrected chi connectivity index (χ0v) is 17.7. The summed E-state index contributed by atoms with van der Waals surface area (Å²) in [7, 11) is 1.45. The zero-order chi connectivity index (χ0) is 22.0. The average molecular weight is 401 g/mol. The Kier molecular flexibility index (Phi) is 9.75. The van der Waals surface area contributed by atoms with Crippen LogP contribution in [0.25, 0.3) is 10.9 Å². The number of rotatable bonds is 5. The Morgan fingerprint density at radius 1 is 1.07 bits per heavy atom.